The summed E-state index contributed by atoms with van der Waals surface area (Å²) in [6, 6.07) is 18.0. The van der Waals surface area contributed by atoms with Crippen LogP contribution in [-0.2, 0) is 29.1 Å². The first kappa shape index (κ1) is 36.4. The molecule has 4 aromatic rings. The van der Waals surface area contributed by atoms with E-state index in [1.165, 1.54) is 0 Å². The summed E-state index contributed by atoms with van der Waals surface area (Å²) >= 11 is 13.8. The molecule has 6 rings (SSSR count). The molecule has 0 bridgehead atoms. The lowest BCUT2D eigenvalue weighted by Crippen LogP contribution is -2.35. The summed E-state index contributed by atoms with van der Waals surface area (Å²) in [6.45, 7) is 2.19. The van der Waals surface area contributed by atoms with Crippen LogP contribution < -0.4 is 35.5 Å². The van der Waals surface area contributed by atoms with Gasteiger partial charge >= 0.3 is 0 Å². The summed E-state index contributed by atoms with van der Waals surface area (Å²) < 4.78 is 17.7. The molecule has 1 aliphatic carbocycles. The molecule has 2 aromatic heterocycles. The van der Waals surface area contributed by atoms with Crippen LogP contribution in [0.3, 0.4) is 0 Å². The number of methoxy groups -OCH3 is 2. The molecule has 2 aromatic carbocycles. The first-order chi connectivity index (χ1) is 24.8. The van der Waals surface area contributed by atoms with Gasteiger partial charge in [0.1, 0.15) is 11.1 Å². The number of ether oxygens (including phenoxy) is 3. The van der Waals surface area contributed by atoms with Crippen LogP contribution in [0.4, 0.5) is 0 Å². The topological polar surface area (TPSA) is 136 Å². The third-order valence-corrected chi connectivity index (χ3v) is 9.94. The smallest absolute Gasteiger partial charge is 0.236 e. The predicted octanol–water partition coefficient (Wildman–Crippen LogP) is 5.79. The average molecular weight is 734 g/mol. The molecule has 11 nitrogen and oxygen atoms in total. The monoisotopic (exact) mass is 732 g/mol. The Morgan fingerprint density at radius 3 is 2.39 bits per heavy atom. The van der Waals surface area contributed by atoms with Crippen LogP contribution in [0.15, 0.2) is 54.6 Å². The van der Waals surface area contributed by atoms with E-state index in [1.807, 2.05) is 36.4 Å². The molecule has 2 aliphatic rings. The van der Waals surface area contributed by atoms with Crippen molar-refractivity contribution in [1.29, 1.82) is 0 Å². The first-order valence-corrected chi connectivity index (χ1v) is 17.8. The summed E-state index contributed by atoms with van der Waals surface area (Å²) in [6.07, 6.45) is 3.05. The lowest BCUT2D eigenvalue weighted by Gasteiger charge is -2.18. The van der Waals surface area contributed by atoms with Gasteiger partial charge < -0.3 is 35.5 Å². The molecule has 2 atom stereocenters. The van der Waals surface area contributed by atoms with Gasteiger partial charge in [-0.25, -0.2) is 4.98 Å². The molecular formula is C38H42Cl2N6O5. The molecule has 0 saturated carbocycles. The van der Waals surface area contributed by atoms with E-state index >= 15 is 0 Å². The number of carbonyl (C=O) groups excluding carboxylic acids is 2. The van der Waals surface area contributed by atoms with Crippen molar-refractivity contribution in [3.63, 3.8) is 0 Å². The summed E-state index contributed by atoms with van der Waals surface area (Å²) in [7, 11) is 4.78. The van der Waals surface area contributed by atoms with Gasteiger partial charge in [-0.05, 0) is 48.1 Å². The molecule has 0 unspecified atom stereocenters. The van der Waals surface area contributed by atoms with Crippen molar-refractivity contribution in [1.82, 2.24) is 31.2 Å². The van der Waals surface area contributed by atoms with Crippen LogP contribution in [0.2, 0.25) is 10.0 Å². The number of hydrogen-bond donors (Lipinski definition) is 4. The van der Waals surface area contributed by atoms with E-state index in [1.54, 1.807) is 27.3 Å². The number of nitrogens with zero attached hydrogens (tertiary/aromatic N) is 2. The molecule has 13 heteroatoms. The van der Waals surface area contributed by atoms with Gasteiger partial charge in [0, 0.05) is 74.4 Å². The number of halogens is 2. The zero-order chi connectivity index (χ0) is 35.9. The van der Waals surface area contributed by atoms with Crippen molar-refractivity contribution < 1.29 is 23.8 Å². The Bertz CT molecular complexity index is 1910. The number of amides is 2. The molecule has 3 heterocycles. The van der Waals surface area contributed by atoms with Crippen molar-refractivity contribution >= 4 is 35.0 Å². The Morgan fingerprint density at radius 2 is 1.63 bits per heavy atom. The number of carbonyl (C=O) groups is 2. The van der Waals surface area contributed by atoms with E-state index in [0.29, 0.717) is 72.4 Å². The standard InChI is InChI=1S/C38H42Cl2N6O5/c1-41-33(47)16-17-42-20-23-18-30(39)38(46-37(23)50-3)51-32-14-12-26-25(6-4-7-27(26)32)28-8-5-9-29(35(28)40)31-13-10-22(36(45-31)49-2)19-43-21-24-11-15-34(48)44-24/h4-10,13,18,24,32,42-43H,11-12,14-17,19-21H2,1-3H3,(H,41,47)(H,44,48)/t24-,32-/m0/s1. The summed E-state index contributed by atoms with van der Waals surface area (Å²) in [5.41, 5.74) is 7.35. The molecule has 1 saturated heterocycles. The van der Waals surface area contributed by atoms with Gasteiger partial charge in [0.25, 0.3) is 0 Å². The van der Waals surface area contributed by atoms with Gasteiger partial charge in [-0.3, -0.25) is 9.59 Å². The molecule has 51 heavy (non-hydrogen) atoms. The van der Waals surface area contributed by atoms with E-state index in [9.17, 15) is 9.59 Å². The van der Waals surface area contributed by atoms with E-state index in [0.717, 1.165) is 58.2 Å². The van der Waals surface area contributed by atoms with E-state index in [2.05, 4.69) is 38.4 Å². The summed E-state index contributed by atoms with van der Waals surface area (Å²) in [5, 5.41) is 13.2. The van der Waals surface area contributed by atoms with E-state index < -0.39 is 0 Å². The highest BCUT2D eigenvalue weighted by Crippen LogP contribution is 2.44. The molecule has 4 N–H and O–H groups in total. The highest BCUT2D eigenvalue weighted by Gasteiger charge is 2.29. The van der Waals surface area contributed by atoms with Gasteiger partial charge in [0.15, 0.2) is 0 Å². The van der Waals surface area contributed by atoms with Crippen LogP contribution in [0.5, 0.6) is 17.6 Å². The number of pyridine rings is 2. The van der Waals surface area contributed by atoms with Gasteiger partial charge in [-0.15, -0.1) is 0 Å². The third-order valence-electron chi connectivity index (χ3n) is 9.26. The Labute approximate surface area is 307 Å². The van der Waals surface area contributed by atoms with Gasteiger partial charge in [-0.2, -0.15) is 4.98 Å². The maximum Gasteiger partial charge on any atom is 0.236 e. The maximum absolute atomic E-state index is 11.5. The fraction of sp³-hybridized carbons (Fsp3) is 0.368. The number of hydrogen-bond acceptors (Lipinski definition) is 9. The minimum atomic E-state index is -0.259. The summed E-state index contributed by atoms with van der Waals surface area (Å²) in [4.78, 5) is 32.5. The second kappa shape index (κ2) is 16.7. The molecule has 0 spiro atoms. The van der Waals surface area contributed by atoms with Crippen molar-refractivity contribution in [2.75, 3.05) is 34.4 Å². The molecule has 1 aliphatic heterocycles. The zero-order valence-electron chi connectivity index (χ0n) is 28.9. The largest absolute Gasteiger partial charge is 0.481 e. The Kier molecular flexibility index (Phi) is 11.9. The molecule has 0 radical (unpaired) electrons. The minimum Gasteiger partial charge on any atom is -0.481 e. The second-order valence-electron chi connectivity index (χ2n) is 12.5. The molecular weight excluding hydrogens is 691 g/mol. The van der Waals surface area contributed by atoms with Gasteiger partial charge in [0.2, 0.25) is 29.5 Å². The number of aromatic nitrogens is 2. The maximum atomic E-state index is 11.5. The van der Waals surface area contributed by atoms with Crippen molar-refractivity contribution in [3.05, 3.63) is 86.9 Å². The van der Waals surface area contributed by atoms with Crippen LogP contribution in [0, 0.1) is 0 Å². The lowest BCUT2D eigenvalue weighted by molar-refractivity contribution is -0.120. The van der Waals surface area contributed by atoms with Gasteiger partial charge in [0.05, 0.1) is 24.9 Å². The fourth-order valence-corrected chi connectivity index (χ4v) is 7.18. The normalized spacial score (nSPS) is 16.5. The van der Waals surface area contributed by atoms with E-state index in [4.69, 9.17) is 42.4 Å². The average Bonchev–Trinajstić information content (AvgIpc) is 3.76. The highest BCUT2D eigenvalue weighted by atomic mass is 35.5. The quantitative estimate of drug-likeness (QED) is 0.112. The summed E-state index contributed by atoms with van der Waals surface area (Å²) in [5.74, 6) is 1.29. The van der Waals surface area contributed by atoms with Crippen molar-refractivity contribution in [3.8, 4) is 40.0 Å². The minimum absolute atomic E-state index is 0.0366. The highest BCUT2D eigenvalue weighted by molar-refractivity contribution is 6.36. The molecule has 1 fully saturated rings. The molecule has 268 valence electrons. The van der Waals surface area contributed by atoms with Crippen molar-refractivity contribution in [2.24, 2.45) is 0 Å². The predicted molar refractivity (Wildman–Crippen MR) is 197 cm³/mol. The van der Waals surface area contributed by atoms with Crippen LogP contribution in [0.25, 0.3) is 22.4 Å². The second-order valence-corrected chi connectivity index (χ2v) is 13.3. The Morgan fingerprint density at radius 1 is 0.882 bits per heavy atom. The van der Waals surface area contributed by atoms with Gasteiger partial charge in [-0.1, -0.05) is 65.7 Å². The number of benzene rings is 2. The molecule has 2 amide bonds. The number of nitrogens with one attached hydrogen (secondary N) is 4. The fourth-order valence-electron chi connectivity index (χ4n) is 6.64. The number of fused-ring (bicyclic) bond motifs is 1. The van der Waals surface area contributed by atoms with Crippen LogP contribution in [0.1, 0.15) is 54.0 Å². The van der Waals surface area contributed by atoms with Crippen LogP contribution >= 0.6 is 23.2 Å². The SMILES string of the molecule is CNC(=O)CCNCc1cc(Cl)c(O[C@H]2CCc3c(-c4cccc(-c5ccc(CNC[C@@H]6CCC(=O)N6)c(OC)n5)c4Cl)cccc32)nc1OC. The number of rotatable bonds is 15. The van der Waals surface area contributed by atoms with Crippen LogP contribution in [-0.4, -0.2) is 62.2 Å². The Balaban J connectivity index is 1.18. The Hall–Kier alpha value is -4.42. The third kappa shape index (κ3) is 8.39. The lowest BCUT2D eigenvalue weighted by atomic mass is 9.94. The van der Waals surface area contributed by atoms with Crippen molar-refractivity contribution in [2.45, 2.75) is 57.3 Å². The zero-order valence-corrected chi connectivity index (χ0v) is 30.4. The first-order valence-electron chi connectivity index (χ1n) is 17.1. The van der Waals surface area contributed by atoms with E-state index in [-0.39, 0.29) is 24.0 Å².